The Morgan fingerprint density at radius 2 is 1.71 bits per heavy atom. The van der Waals surface area contributed by atoms with Gasteiger partial charge in [0.1, 0.15) is 10.7 Å². The van der Waals surface area contributed by atoms with Gasteiger partial charge >= 0.3 is 11.7 Å². The SMILES string of the molecule is C[SH](=O)=O.O=[S+]CCc1ccccc1. The molecule has 0 aromatic heterocycles. The van der Waals surface area contributed by atoms with Crippen LogP contribution in [0.25, 0.3) is 0 Å². The fourth-order valence-electron chi connectivity index (χ4n) is 0.804. The highest BCUT2D eigenvalue weighted by Crippen LogP contribution is 1.98. The van der Waals surface area contributed by atoms with Crippen molar-refractivity contribution in [1.82, 2.24) is 0 Å². The van der Waals surface area contributed by atoms with Crippen molar-refractivity contribution in [3.8, 4) is 0 Å². The maximum Gasteiger partial charge on any atom is 0.459 e. The molecular formula is C9H13O3S2+. The Bertz CT molecular complexity index is 312. The number of thiol groups is 1. The van der Waals surface area contributed by atoms with Crippen LogP contribution in [0.5, 0.6) is 0 Å². The van der Waals surface area contributed by atoms with Gasteiger partial charge in [0.2, 0.25) is 5.75 Å². The van der Waals surface area contributed by atoms with E-state index in [0.29, 0.717) is 17.4 Å². The standard InChI is InChI=1S/C8H9OS.CH4O2S/c9-10-7-6-8-4-2-1-3-5-8;1-4(2)3/h1-5H,6-7H2;4H,1H3/q+1;. The average Bonchev–Trinajstić information content (AvgIpc) is 2.15. The molecule has 1 rings (SSSR count). The summed E-state index contributed by atoms with van der Waals surface area (Å²) in [4.78, 5) is 0. The van der Waals surface area contributed by atoms with E-state index in [1.807, 2.05) is 30.3 Å². The first-order chi connectivity index (χ1) is 6.66. The Morgan fingerprint density at radius 1 is 1.21 bits per heavy atom. The smallest absolute Gasteiger partial charge is 0.232 e. The van der Waals surface area contributed by atoms with Crippen LogP contribution in [0.3, 0.4) is 0 Å². The third-order valence-electron chi connectivity index (χ3n) is 1.32. The van der Waals surface area contributed by atoms with Crippen molar-refractivity contribution in [1.29, 1.82) is 0 Å². The lowest BCUT2D eigenvalue weighted by Gasteiger charge is -1.89. The summed E-state index contributed by atoms with van der Waals surface area (Å²) in [5, 5.41) is 0. The molecule has 3 nitrogen and oxygen atoms in total. The maximum atomic E-state index is 10.0. The van der Waals surface area contributed by atoms with E-state index >= 15 is 0 Å². The predicted octanol–water partition coefficient (Wildman–Crippen LogP) is 0.885. The molecule has 0 saturated heterocycles. The zero-order chi connectivity index (χ0) is 10.8. The second kappa shape index (κ2) is 8.77. The summed E-state index contributed by atoms with van der Waals surface area (Å²) >= 11 is 0.646. The fourth-order valence-corrected chi connectivity index (χ4v) is 1.12. The Hall–Kier alpha value is -0.810. The van der Waals surface area contributed by atoms with E-state index in [9.17, 15) is 4.21 Å². The Kier molecular flexibility index (Phi) is 8.27. The third-order valence-corrected chi connectivity index (χ3v) is 1.69. The molecule has 0 N–H and O–H groups in total. The largest absolute Gasteiger partial charge is 0.459 e. The predicted molar refractivity (Wildman–Crippen MR) is 59.3 cm³/mol. The lowest BCUT2D eigenvalue weighted by atomic mass is 10.2. The van der Waals surface area contributed by atoms with Gasteiger partial charge in [0, 0.05) is 16.9 Å². The Balaban J connectivity index is 0.000000364. The van der Waals surface area contributed by atoms with E-state index < -0.39 is 10.7 Å². The summed E-state index contributed by atoms with van der Waals surface area (Å²) in [6, 6.07) is 10.0. The van der Waals surface area contributed by atoms with E-state index in [1.54, 1.807) is 0 Å². The van der Waals surface area contributed by atoms with Crippen molar-refractivity contribution in [2.24, 2.45) is 0 Å². The molecule has 0 fully saturated rings. The van der Waals surface area contributed by atoms with Gasteiger partial charge in [-0.1, -0.05) is 30.3 Å². The van der Waals surface area contributed by atoms with Gasteiger partial charge in [-0.15, -0.1) is 0 Å². The van der Waals surface area contributed by atoms with Gasteiger partial charge in [0.25, 0.3) is 0 Å². The Labute approximate surface area is 89.6 Å². The van der Waals surface area contributed by atoms with Gasteiger partial charge in [-0.2, -0.15) is 0 Å². The lowest BCUT2D eigenvalue weighted by molar-refractivity contribution is 0.604. The summed E-state index contributed by atoms with van der Waals surface area (Å²) in [5.74, 6) is 0.671. The van der Waals surface area contributed by atoms with E-state index in [-0.39, 0.29) is 0 Å². The number of rotatable bonds is 3. The van der Waals surface area contributed by atoms with Crippen molar-refractivity contribution >= 4 is 22.4 Å². The number of hydrogen-bond acceptors (Lipinski definition) is 3. The van der Waals surface area contributed by atoms with E-state index in [2.05, 4.69) is 0 Å². The fraction of sp³-hybridized carbons (Fsp3) is 0.333. The summed E-state index contributed by atoms with van der Waals surface area (Å²) < 4.78 is 28.1. The van der Waals surface area contributed by atoms with Crippen molar-refractivity contribution in [2.75, 3.05) is 12.0 Å². The molecule has 1 aromatic carbocycles. The van der Waals surface area contributed by atoms with Crippen LogP contribution in [0.1, 0.15) is 5.56 Å². The highest BCUT2D eigenvalue weighted by molar-refractivity contribution is 7.71. The van der Waals surface area contributed by atoms with Crippen LogP contribution in [0.2, 0.25) is 0 Å². The zero-order valence-electron chi connectivity index (χ0n) is 7.88. The monoisotopic (exact) mass is 233 g/mol. The van der Waals surface area contributed by atoms with Crippen LogP contribution in [0.4, 0.5) is 0 Å². The second-order valence-electron chi connectivity index (χ2n) is 2.50. The lowest BCUT2D eigenvalue weighted by Crippen LogP contribution is -1.88. The molecule has 0 atom stereocenters. The van der Waals surface area contributed by atoms with Gasteiger partial charge in [-0.25, -0.2) is 8.42 Å². The van der Waals surface area contributed by atoms with Crippen LogP contribution in [-0.4, -0.2) is 20.4 Å². The molecule has 0 heterocycles. The maximum absolute atomic E-state index is 10.0. The molecule has 1 aromatic rings. The molecule has 0 spiro atoms. The van der Waals surface area contributed by atoms with Crippen LogP contribution in [0.15, 0.2) is 30.3 Å². The molecule has 0 unspecified atom stereocenters. The van der Waals surface area contributed by atoms with Crippen molar-refractivity contribution in [3.05, 3.63) is 35.9 Å². The van der Waals surface area contributed by atoms with Gasteiger partial charge in [0.15, 0.2) is 0 Å². The zero-order valence-corrected chi connectivity index (χ0v) is 9.59. The first kappa shape index (κ1) is 13.2. The van der Waals surface area contributed by atoms with Gasteiger partial charge in [0.05, 0.1) is 0 Å². The molecule has 0 aliphatic carbocycles. The molecule has 0 amide bonds. The normalized spacial score (nSPS) is 9.00. The molecule has 0 aliphatic heterocycles. The molecular weight excluding hydrogens is 220 g/mol. The van der Waals surface area contributed by atoms with E-state index in [1.165, 1.54) is 5.56 Å². The topological polar surface area (TPSA) is 51.2 Å². The van der Waals surface area contributed by atoms with Crippen molar-refractivity contribution < 1.29 is 12.6 Å². The summed E-state index contributed by atoms with van der Waals surface area (Å²) in [6.45, 7) is 0. The van der Waals surface area contributed by atoms with Gasteiger partial charge in [-0.3, -0.25) is 0 Å². The van der Waals surface area contributed by atoms with Crippen LogP contribution >= 0.6 is 0 Å². The average molecular weight is 233 g/mol. The van der Waals surface area contributed by atoms with Gasteiger partial charge in [-0.05, 0) is 5.56 Å². The van der Waals surface area contributed by atoms with Crippen LogP contribution < -0.4 is 0 Å². The minimum atomic E-state index is -2.12. The Morgan fingerprint density at radius 3 is 2.14 bits per heavy atom. The van der Waals surface area contributed by atoms with Crippen LogP contribution in [-0.2, 0) is 33.0 Å². The van der Waals surface area contributed by atoms with Crippen molar-refractivity contribution in [2.45, 2.75) is 6.42 Å². The van der Waals surface area contributed by atoms with E-state index in [0.717, 1.165) is 12.7 Å². The highest BCUT2D eigenvalue weighted by atomic mass is 32.2. The highest BCUT2D eigenvalue weighted by Gasteiger charge is 1.97. The summed E-state index contributed by atoms with van der Waals surface area (Å²) in [7, 11) is -2.12. The minimum absolute atomic E-state index is 0.646. The molecule has 14 heavy (non-hydrogen) atoms. The first-order valence-electron chi connectivity index (χ1n) is 4.03. The second-order valence-corrected chi connectivity index (χ2v) is 4.02. The minimum Gasteiger partial charge on any atom is -0.232 e. The molecule has 0 bridgehead atoms. The summed E-state index contributed by atoms with van der Waals surface area (Å²) in [5.41, 5.74) is 1.24. The summed E-state index contributed by atoms with van der Waals surface area (Å²) in [6.07, 6.45) is 2.00. The quantitative estimate of drug-likeness (QED) is 0.623. The van der Waals surface area contributed by atoms with Crippen LogP contribution in [0, 0.1) is 0 Å². The first-order valence-corrected chi connectivity index (χ1v) is 6.57. The third kappa shape index (κ3) is 9.28. The molecule has 78 valence electrons. The molecule has 0 saturated carbocycles. The number of aryl methyl sites for hydroxylation is 1. The van der Waals surface area contributed by atoms with E-state index in [4.69, 9.17) is 8.42 Å². The molecule has 5 heteroatoms. The molecule has 0 aliphatic rings. The molecule has 0 radical (unpaired) electrons. The number of hydrogen-bond donors (Lipinski definition) is 1. The van der Waals surface area contributed by atoms with Crippen molar-refractivity contribution in [3.63, 3.8) is 0 Å². The number of benzene rings is 1. The van der Waals surface area contributed by atoms with Gasteiger partial charge < -0.3 is 0 Å².